The number of rotatable bonds is 4. The summed E-state index contributed by atoms with van der Waals surface area (Å²) in [6, 6.07) is 5.64. The average molecular weight is 351 g/mol. The number of amides is 1. The number of likely N-dealkylation sites (tertiary alicyclic amines) is 1. The van der Waals surface area contributed by atoms with Crippen molar-refractivity contribution in [3.05, 3.63) is 47.5 Å². The lowest BCUT2D eigenvalue weighted by atomic mass is 10.2. The molecule has 3 aromatic heterocycles. The largest absolute Gasteiger partial charge is 0.364 e. The number of anilines is 1. The number of fused-ring (bicyclic) bond motifs is 1. The third-order valence-corrected chi connectivity index (χ3v) is 4.35. The Morgan fingerprint density at radius 3 is 3.12 bits per heavy atom. The van der Waals surface area contributed by atoms with Crippen LogP contribution in [0.2, 0.25) is 0 Å². The number of pyridine rings is 2. The van der Waals surface area contributed by atoms with E-state index in [1.807, 2.05) is 18.2 Å². The van der Waals surface area contributed by atoms with Crippen molar-refractivity contribution in [1.82, 2.24) is 30.0 Å². The van der Waals surface area contributed by atoms with Crippen LogP contribution in [0.15, 0.2) is 41.8 Å². The van der Waals surface area contributed by atoms with Gasteiger partial charge in [-0.3, -0.25) is 14.8 Å². The molecule has 0 bridgehead atoms. The molecule has 0 spiro atoms. The molecule has 4 heterocycles. The van der Waals surface area contributed by atoms with Crippen molar-refractivity contribution < 1.29 is 4.79 Å². The standard InChI is InChI=1S/C17H17N7O2/c1-2-13(25)24-7-5-11(9-24)19-16-14-10(4-3-6-18-14)8-12(20-16)15-21-17(26)23-22-15/h2-4,6,8,11H,1,5,7,9H2,(H,19,20)(H2,21,22,23,26). The minimum absolute atomic E-state index is 0.0603. The van der Waals surface area contributed by atoms with E-state index in [4.69, 9.17) is 0 Å². The minimum Gasteiger partial charge on any atom is -0.364 e. The lowest BCUT2D eigenvalue weighted by Gasteiger charge is -2.17. The molecular weight excluding hydrogens is 334 g/mol. The maximum absolute atomic E-state index is 11.8. The van der Waals surface area contributed by atoms with E-state index in [2.05, 4.69) is 37.0 Å². The SMILES string of the molecule is C=CC(=O)N1CCC(Nc2nc(-c3n[nH]c(=O)[nH]3)cc3cccnc23)C1. The molecule has 3 N–H and O–H groups in total. The minimum atomic E-state index is -0.392. The first-order valence-corrected chi connectivity index (χ1v) is 8.23. The fraction of sp³-hybridized carbons (Fsp3) is 0.235. The number of nitrogens with one attached hydrogen (secondary N) is 3. The van der Waals surface area contributed by atoms with Crippen LogP contribution in [0.1, 0.15) is 6.42 Å². The molecule has 9 heteroatoms. The van der Waals surface area contributed by atoms with Gasteiger partial charge in [0.15, 0.2) is 11.6 Å². The Hall–Kier alpha value is -3.49. The summed E-state index contributed by atoms with van der Waals surface area (Å²) in [7, 11) is 0. The second kappa shape index (κ2) is 6.43. The van der Waals surface area contributed by atoms with Crippen LogP contribution in [0.3, 0.4) is 0 Å². The Kier molecular flexibility index (Phi) is 3.96. The Balaban J connectivity index is 1.68. The van der Waals surface area contributed by atoms with Crippen LogP contribution in [0.4, 0.5) is 5.82 Å². The third-order valence-electron chi connectivity index (χ3n) is 4.35. The number of aromatic nitrogens is 5. The molecule has 0 radical (unpaired) electrons. The zero-order valence-corrected chi connectivity index (χ0v) is 13.9. The van der Waals surface area contributed by atoms with E-state index in [0.717, 1.165) is 17.3 Å². The highest BCUT2D eigenvalue weighted by atomic mass is 16.2. The molecule has 3 aromatic rings. The second-order valence-corrected chi connectivity index (χ2v) is 6.08. The number of H-pyrrole nitrogens is 2. The summed E-state index contributed by atoms with van der Waals surface area (Å²) in [6.07, 6.45) is 3.83. The third kappa shape index (κ3) is 2.94. The van der Waals surface area contributed by atoms with E-state index in [1.54, 1.807) is 11.1 Å². The predicted molar refractivity (Wildman–Crippen MR) is 96.5 cm³/mol. The van der Waals surface area contributed by atoms with Crippen molar-refractivity contribution in [2.24, 2.45) is 0 Å². The first-order chi connectivity index (χ1) is 12.6. The lowest BCUT2D eigenvalue weighted by molar-refractivity contribution is -0.125. The first-order valence-electron chi connectivity index (χ1n) is 8.23. The Morgan fingerprint density at radius 1 is 1.46 bits per heavy atom. The van der Waals surface area contributed by atoms with Gasteiger partial charge in [0.25, 0.3) is 0 Å². The van der Waals surface area contributed by atoms with Gasteiger partial charge in [-0.2, -0.15) is 5.10 Å². The van der Waals surface area contributed by atoms with Gasteiger partial charge in [0.05, 0.1) is 0 Å². The molecule has 0 saturated carbocycles. The van der Waals surface area contributed by atoms with Gasteiger partial charge >= 0.3 is 5.69 Å². The van der Waals surface area contributed by atoms with E-state index < -0.39 is 5.69 Å². The molecular formula is C17H17N7O2. The summed E-state index contributed by atoms with van der Waals surface area (Å²) in [5.74, 6) is 0.881. The van der Waals surface area contributed by atoms with Crippen LogP contribution in [0.25, 0.3) is 22.4 Å². The van der Waals surface area contributed by atoms with Crippen LogP contribution < -0.4 is 11.0 Å². The normalized spacial score (nSPS) is 16.8. The van der Waals surface area contributed by atoms with E-state index >= 15 is 0 Å². The van der Waals surface area contributed by atoms with Gasteiger partial charge in [0.2, 0.25) is 5.91 Å². The molecule has 0 aromatic carbocycles. The van der Waals surface area contributed by atoms with Gasteiger partial charge < -0.3 is 10.2 Å². The van der Waals surface area contributed by atoms with Crippen LogP contribution in [0, 0.1) is 0 Å². The number of hydrogen-bond donors (Lipinski definition) is 3. The molecule has 132 valence electrons. The highest BCUT2D eigenvalue weighted by molar-refractivity contribution is 5.91. The highest BCUT2D eigenvalue weighted by Crippen LogP contribution is 2.26. The van der Waals surface area contributed by atoms with E-state index in [-0.39, 0.29) is 11.9 Å². The van der Waals surface area contributed by atoms with Crippen molar-refractivity contribution in [1.29, 1.82) is 0 Å². The Labute approximate surface area is 148 Å². The van der Waals surface area contributed by atoms with Gasteiger partial charge in [-0.1, -0.05) is 12.6 Å². The summed E-state index contributed by atoms with van der Waals surface area (Å²) < 4.78 is 0. The molecule has 1 aliphatic heterocycles. The number of carbonyl (C=O) groups excluding carboxylic acids is 1. The zero-order valence-electron chi connectivity index (χ0n) is 13.9. The number of carbonyl (C=O) groups is 1. The second-order valence-electron chi connectivity index (χ2n) is 6.08. The summed E-state index contributed by atoms with van der Waals surface area (Å²) in [6.45, 7) is 4.77. The van der Waals surface area contributed by atoms with Crippen molar-refractivity contribution >= 4 is 22.6 Å². The van der Waals surface area contributed by atoms with Crippen LogP contribution in [-0.4, -0.2) is 55.1 Å². The Morgan fingerprint density at radius 2 is 2.35 bits per heavy atom. The van der Waals surface area contributed by atoms with Crippen LogP contribution >= 0.6 is 0 Å². The molecule has 1 amide bonds. The lowest BCUT2D eigenvalue weighted by Crippen LogP contribution is -2.30. The van der Waals surface area contributed by atoms with Gasteiger partial charge in [0.1, 0.15) is 11.2 Å². The highest BCUT2D eigenvalue weighted by Gasteiger charge is 2.25. The smallest absolute Gasteiger partial charge is 0.340 e. The van der Waals surface area contributed by atoms with Gasteiger partial charge in [-0.15, -0.1) is 0 Å². The van der Waals surface area contributed by atoms with Crippen LogP contribution in [-0.2, 0) is 4.79 Å². The first kappa shape index (κ1) is 16.0. The fourth-order valence-corrected chi connectivity index (χ4v) is 3.10. The van der Waals surface area contributed by atoms with E-state index in [0.29, 0.717) is 30.4 Å². The molecule has 1 fully saturated rings. The maximum Gasteiger partial charge on any atom is 0.340 e. The maximum atomic E-state index is 11.8. The zero-order chi connectivity index (χ0) is 18.1. The van der Waals surface area contributed by atoms with Crippen molar-refractivity contribution in [2.45, 2.75) is 12.5 Å². The average Bonchev–Trinajstić information content (AvgIpc) is 3.30. The summed E-state index contributed by atoms with van der Waals surface area (Å²) in [5.41, 5.74) is 0.864. The molecule has 4 rings (SSSR count). The summed E-state index contributed by atoms with van der Waals surface area (Å²) >= 11 is 0. The molecule has 0 aliphatic carbocycles. The van der Waals surface area contributed by atoms with Crippen LogP contribution in [0.5, 0.6) is 0 Å². The van der Waals surface area contributed by atoms with Gasteiger partial charge in [0, 0.05) is 30.7 Å². The molecule has 1 aliphatic rings. The van der Waals surface area contributed by atoms with Crippen molar-refractivity contribution in [3.63, 3.8) is 0 Å². The Bertz CT molecular complexity index is 1040. The monoisotopic (exact) mass is 351 g/mol. The number of aromatic amines is 2. The number of hydrogen-bond acceptors (Lipinski definition) is 6. The quantitative estimate of drug-likeness (QED) is 0.601. The molecule has 1 atom stereocenters. The molecule has 26 heavy (non-hydrogen) atoms. The topological polar surface area (TPSA) is 120 Å². The van der Waals surface area contributed by atoms with E-state index in [1.165, 1.54) is 6.08 Å². The summed E-state index contributed by atoms with van der Waals surface area (Å²) in [4.78, 5) is 36.5. The van der Waals surface area contributed by atoms with Gasteiger partial charge in [-0.05, 0) is 24.6 Å². The predicted octanol–water partition coefficient (Wildman–Crippen LogP) is 0.907. The molecule has 1 saturated heterocycles. The summed E-state index contributed by atoms with van der Waals surface area (Å²) in [5, 5.41) is 10.5. The molecule has 1 unspecified atom stereocenters. The van der Waals surface area contributed by atoms with Crippen molar-refractivity contribution in [2.75, 3.05) is 18.4 Å². The van der Waals surface area contributed by atoms with E-state index in [9.17, 15) is 9.59 Å². The fourth-order valence-electron chi connectivity index (χ4n) is 3.10. The van der Waals surface area contributed by atoms with Crippen molar-refractivity contribution in [3.8, 4) is 11.5 Å². The molecule has 9 nitrogen and oxygen atoms in total. The number of nitrogens with zero attached hydrogens (tertiary/aromatic N) is 4. The van der Waals surface area contributed by atoms with Gasteiger partial charge in [-0.25, -0.2) is 14.9 Å².